The third kappa shape index (κ3) is 2.16. The summed E-state index contributed by atoms with van der Waals surface area (Å²) in [7, 11) is 0. The van der Waals surface area contributed by atoms with E-state index in [4.69, 9.17) is 4.74 Å². The van der Waals surface area contributed by atoms with Crippen molar-refractivity contribution in [3.8, 4) is 0 Å². The van der Waals surface area contributed by atoms with Crippen molar-refractivity contribution < 1.29 is 19.4 Å². The Balaban J connectivity index is 2.18. The van der Waals surface area contributed by atoms with E-state index in [9.17, 15) is 14.7 Å². The Kier molecular flexibility index (Phi) is 3.38. The van der Waals surface area contributed by atoms with Crippen LogP contribution in [0.3, 0.4) is 0 Å². The molecule has 0 bridgehead atoms. The first-order valence-electron chi connectivity index (χ1n) is 6.17. The van der Waals surface area contributed by atoms with E-state index in [1.54, 1.807) is 4.90 Å². The van der Waals surface area contributed by atoms with Gasteiger partial charge in [0.05, 0.1) is 5.92 Å². The highest BCUT2D eigenvalue weighted by Crippen LogP contribution is 2.44. The van der Waals surface area contributed by atoms with E-state index in [2.05, 4.69) is 0 Å². The Hall–Kier alpha value is -1.10. The van der Waals surface area contributed by atoms with Crippen molar-refractivity contribution in [3.05, 3.63) is 0 Å². The van der Waals surface area contributed by atoms with Crippen LogP contribution in [0.1, 0.15) is 26.2 Å². The molecule has 5 nitrogen and oxygen atoms in total. The zero-order valence-electron chi connectivity index (χ0n) is 10.1. The number of carboxylic acids is 1. The lowest BCUT2D eigenvalue weighted by atomic mass is 9.72. The highest BCUT2D eigenvalue weighted by molar-refractivity contribution is 5.79. The molecule has 1 atom stereocenters. The van der Waals surface area contributed by atoms with Crippen molar-refractivity contribution in [3.63, 3.8) is 0 Å². The van der Waals surface area contributed by atoms with Gasteiger partial charge in [0, 0.05) is 38.1 Å². The van der Waals surface area contributed by atoms with E-state index >= 15 is 0 Å². The number of carboxylic acid groups (broad SMARTS) is 1. The van der Waals surface area contributed by atoms with Gasteiger partial charge in [-0.3, -0.25) is 9.59 Å². The number of ether oxygens (including phenoxy) is 1. The van der Waals surface area contributed by atoms with Crippen LogP contribution in [0.25, 0.3) is 0 Å². The maximum atomic E-state index is 11.7. The van der Waals surface area contributed by atoms with Crippen LogP contribution in [0.4, 0.5) is 0 Å². The average molecular weight is 241 g/mol. The number of nitrogens with zero attached hydrogens (tertiary/aromatic N) is 1. The number of hydrogen-bond donors (Lipinski definition) is 1. The van der Waals surface area contributed by atoms with E-state index < -0.39 is 11.9 Å². The molecule has 17 heavy (non-hydrogen) atoms. The molecule has 5 heteroatoms. The zero-order chi connectivity index (χ0) is 12.5. The summed E-state index contributed by atoms with van der Waals surface area (Å²) < 4.78 is 5.31. The highest BCUT2D eigenvalue weighted by atomic mass is 16.5. The van der Waals surface area contributed by atoms with Gasteiger partial charge < -0.3 is 14.7 Å². The van der Waals surface area contributed by atoms with Crippen LogP contribution >= 0.6 is 0 Å². The predicted octanol–water partition coefficient (Wildman–Crippen LogP) is 0.736. The fourth-order valence-electron chi connectivity index (χ4n) is 3.01. The summed E-state index contributed by atoms with van der Waals surface area (Å²) in [5, 5.41) is 9.32. The lowest BCUT2D eigenvalue weighted by molar-refractivity contribution is -0.146. The van der Waals surface area contributed by atoms with Crippen molar-refractivity contribution >= 4 is 11.9 Å². The van der Waals surface area contributed by atoms with E-state index in [-0.39, 0.29) is 11.3 Å². The molecule has 96 valence electrons. The highest BCUT2D eigenvalue weighted by Gasteiger charge is 2.51. The van der Waals surface area contributed by atoms with Gasteiger partial charge in [0.2, 0.25) is 5.91 Å². The molecule has 0 aromatic rings. The minimum absolute atomic E-state index is 0.0552. The van der Waals surface area contributed by atoms with Gasteiger partial charge >= 0.3 is 5.97 Å². The molecule has 0 aromatic carbocycles. The molecule has 2 aliphatic rings. The molecule has 1 N–H and O–H groups in total. The third-order valence-corrected chi connectivity index (χ3v) is 4.09. The number of rotatable bonds is 2. The average Bonchev–Trinajstić information content (AvgIpc) is 2.68. The summed E-state index contributed by atoms with van der Waals surface area (Å²) in [5.41, 5.74) is -0.255. The molecule has 0 radical (unpaired) electrons. The Bertz CT molecular complexity index is 322. The molecular formula is C12H19NO4. The second-order valence-corrected chi connectivity index (χ2v) is 4.99. The Morgan fingerprint density at radius 2 is 2.06 bits per heavy atom. The Morgan fingerprint density at radius 1 is 1.41 bits per heavy atom. The van der Waals surface area contributed by atoms with Gasteiger partial charge in [0.1, 0.15) is 0 Å². The quantitative estimate of drug-likeness (QED) is 0.774. The minimum Gasteiger partial charge on any atom is -0.481 e. The van der Waals surface area contributed by atoms with Gasteiger partial charge in [0.15, 0.2) is 0 Å². The minimum atomic E-state index is -0.779. The number of amides is 1. The van der Waals surface area contributed by atoms with Crippen molar-refractivity contribution in [2.24, 2.45) is 11.3 Å². The summed E-state index contributed by atoms with van der Waals surface area (Å²) in [6.07, 6.45) is 1.94. The van der Waals surface area contributed by atoms with E-state index in [1.165, 1.54) is 0 Å². The normalized spacial score (nSPS) is 27.4. The van der Waals surface area contributed by atoms with Crippen molar-refractivity contribution in [1.82, 2.24) is 4.90 Å². The van der Waals surface area contributed by atoms with Gasteiger partial charge in [0.25, 0.3) is 0 Å². The monoisotopic (exact) mass is 241 g/mol. The summed E-state index contributed by atoms with van der Waals surface area (Å²) in [4.78, 5) is 24.8. The fourth-order valence-corrected chi connectivity index (χ4v) is 3.01. The molecule has 0 aromatic heterocycles. The number of carbonyl (C=O) groups is 2. The van der Waals surface area contributed by atoms with E-state index in [0.29, 0.717) is 32.7 Å². The van der Waals surface area contributed by atoms with Gasteiger partial charge in [-0.25, -0.2) is 0 Å². The lowest BCUT2D eigenvalue weighted by Gasteiger charge is -2.36. The Labute approximate surface area is 101 Å². The van der Waals surface area contributed by atoms with Gasteiger partial charge in [-0.2, -0.15) is 0 Å². The van der Waals surface area contributed by atoms with Crippen molar-refractivity contribution in [2.75, 3.05) is 26.3 Å². The topological polar surface area (TPSA) is 66.8 Å². The Morgan fingerprint density at radius 3 is 2.59 bits per heavy atom. The van der Waals surface area contributed by atoms with Crippen molar-refractivity contribution in [2.45, 2.75) is 26.2 Å². The van der Waals surface area contributed by atoms with Gasteiger partial charge in [-0.05, 0) is 12.8 Å². The number of aliphatic carboxylic acids is 1. The van der Waals surface area contributed by atoms with Crippen LogP contribution in [0.2, 0.25) is 0 Å². The molecule has 1 amide bonds. The largest absolute Gasteiger partial charge is 0.481 e. The first-order chi connectivity index (χ1) is 8.09. The van der Waals surface area contributed by atoms with Crippen LogP contribution in [-0.4, -0.2) is 48.2 Å². The molecule has 2 fully saturated rings. The second-order valence-electron chi connectivity index (χ2n) is 4.99. The molecule has 0 unspecified atom stereocenters. The maximum absolute atomic E-state index is 11.7. The third-order valence-electron chi connectivity index (χ3n) is 4.09. The number of likely N-dealkylation sites (tertiary alicyclic amines) is 1. The summed E-state index contributed by atoms with van der Waals surface area (Å²) in [5.74, 6) is -1.15. The molecule has 2 rings (SSSR count). The van der Waals surface area contributed by atoms with Gasteiger partial charge in [-0.1, -0.05) is 6.92 Å². The van der Waals surface area contributed by atoms with Crippen LogP contribution in [0, 0.1) is 11.3 Å². The van der Waals surface area contributed by atoms with Crippen LogP contribution < -0.4 is 0 Å². The molecule has 2 heterocycles. The summed E-state index contributed by atoms with van der Waals surface area (Å²) in [6.45, 7) is 3.98. The zero-order valence-corrected chi connectivity index (χ0v) is 10.1. The van der Waals surface area contributed by atoms with Crippen LogP contribution in [-0.2, 0) is 14.3 Å². The first-order valence-corrected chi connectivity index (χ1v) is 6.17. The molecular weight excluding hydrogens is 222 g/mol. The molecule has 0 aliphatic carbocycles. The predicted molar refractivity (Wildman–Crippen MR) is 60.5 cm³/mol. The molecule has 0 saturated carbocycles. The number of hydrogen-bond acceptors (Lipinski definition) is 3. The van der Waals surface area contributed by atoms with Crippen molar-refractivity contribution in [1.29, 1.82) is 0 Å². The molecule has 2 aliphatic heterocycles. The van der Waals surface area contributed by atoms with Gasteiger partial charge in [-0.15, -0.1) is 0 Å². The van der Waals surface area contributed by atoms with Crippen LogP contribution in [0.5, 0.6) is 0 Å². The standard InChI is InChI=1S/C12H19NO4/c1-2-10(14)13-7-9(11(15)16)12(8-13)3-5-17-6-4-12/h9H,2-8H2,1H3,(H,15,16)/t9-/m0/s1. The molecule has 1 spiro atoms. The maximum Gasteiger partial charge on any atom is 0.308 e. The SMILES string of the molecule is CCC(=O)N1C[C@@H](C(=O)O)C2(CCOCC2)C1. The fraction of sp³-hybridized carbons (Fsp3) is 0.833. The van der Waals surface area contributed by atoms with E-state index in [0.717, 1.165) is 12.8 Å². The first kappa shape index (κ1) is 12.4. The summed E-state index contributed by atoms with van der Waals surface area (Å²) in [6, 6.07) is 0. The lowest BCUT2D eigenvalue weighted by Crippen LogP contribution is -2.40. The van der Waals surface area contributed by atoms with E-state index in [1.807, 2.05) is 6.92 Å². The van der Waals surface area contributed by atoms with Crippen LogP contribution in [0.15, 0.2) is 0 Å². The smallest absolute Gasteiger partial charge is 0.308 e. The molecule has 2 saturated heterocycles. The number of carbonyl (C=O) groups excluding carboxylic acids is 1. The summed E-state index contributed by atoms with van der Waals surface area (Å²) >= 11 is 0. The second kappa shape index (κ2) is 4.64.